The molecule has 1 atom stereocenters. The Morgan fingerprint density at radius 1 is 1.08 bits per heavy atom. The van der Waals surface area contributed by atoms with Crippen molar-refractivity contribution in [2.45, 2.75) is 30.2 Å². The highest BCUT2D eigenvalue weighted by Gasteiger charge is 2.25. The zero-order valence-electron chi connectivity index (χ0n) is 21.9. The number of carboxylic acids is 1. The minimum absolute atomic E-state index is 0.0593. The number of nitrogens with zero attached hydrogens (tertiary/aromatic N) is 1. The molecule has 3 rings (SSSR count). The summed E-state index contributed by atoms with van der Waals surface area (Å²) in [7, 11) is -0.283. The number of rotatable bonds is 15. The van der Waals surface area contributed by atoms with Crippen LogP contribution >= 0.6 is 0 Å². The second-order valence-electron chi connectivity index (χ2n) is 9.28. The minimum atomic E-state index is -4.24. The van der Waals surface area contributed by atoms with E-state index in [9.17, 15) is 22.8 Å². The van der Waals surface area contributed by atoms with Gasteiger partial charge in [-0.1, -0.05) is 36.4 Å². The van der Waals surface area contributed by atoms with Crippen LogP contribution in [0.5, 0.6) is 5.75 Å². The molecular weight excluding hydrogens is 522 g/mol. The SMILES string of the molecule is CN(C)CCCNC(=O)c1cc(CCOc2ccccc2S(=O)(=O)N[C@H](C=O)CC(=O)O)c2ccccc2c1. The van der Waals surface area contributed by atoms with E-state index in [1.807, 2.05) is 50.5 Å². The smallest absolute Gasteiger partial charge is 0.305 e. The van der Waals surface area contributed by atoms with Gasteiger partial charge in [-0.05, 0) is 67.7 Å². The van der Waals surface area contributed by atoms with Gasteiger partial charge < -0.3 is 24.9 Å². The standard InChI is InChI=1S/C28H33N3O7S/c1-31(2)14-7-13-29-28(35)22-16-20-8-3-4-9-24(20)21(17-22)12-15-38-25-10-5-6-11-26(25)39(36,37)30-23(19-32)18-27(33)34/h3-6,8-11,16-17,19,23,30H,7,12-15,18H2,1-2H3,(H,29,35)(H,33,34)/t23-/m0/s1. The summed E-state index contributed by atoms with van der Waals surface area (Å²) in [6, 6.07) is 15.8. The lowest BCUT2D eigenvalue weighted by molar-refractivity contribution is -0.138. The lowest BCUT2D eigenvalue weighted by Gasteiger charge is -2.16. The third-order valence-corrected chi connectivity index (χ3v) is 7.44. The number of aldehydes is 1. The largest absolute Gasteiger partial charge is 0.492 e. The Balaban J connectivity index is 1.76. The third-order valence-electron chi connectivity index (χ3n) is 5.91. The fourth-order valence-corrected chi connectivity index (χ4v) is 5.37. The molecule has 0 unspecified atom stereocenters. The quantitative estimate of drug-likeness (QED) is 0.192. The summed E-state index contributed by atoms with van der Waals surface area (Å²) >= 11 is 0. The maximum Gasteiger partial charge on any atom is 0.305 e. The summed E-state index contributed by atoms with van der Waals surface area (Å²) in [5.74, 6) is -1.42. The van der Waals surface area contributed by atoms with Gasteiger partial charge in [0.05, 0.1) is 19.1 Å². The molecule has 0 saturated heterocycles. The van der Waals surface area contributed by atoms with Crippen molar-refractivity contribution in [1.29, 1.82) is 0 Å². The van der Waals surface area contributed by atoms with Crippen LogP contribution < -0.4 is 14.8 Å². The first-order valence-corrected chi connectivity index (χ1v) is 13.9. The minimum Gasteiger partial charge on any atom is -0.492 e. The molecule has 0 saturated carbocycles. The first-order chi connectivity index (χ1) is 18.6. The number of carbonyl (C=O) groups excluding carboxylic acids is 2. The first-order valence-electron chi connectivity index (χ1n) is 12.5. The highest BCUT2D eigenvalue weighted by atomic mass is 32.2. The molecule has 1 amide bonds. The summed E-state index contributed by atoms with van der Waals surface area (Å²) < 4.78 is 33.7. The lowest BCUT2D eigenvalue weighted by atomic mass is 9.98. The Kier molecular flexibility index (Phi) is 10.6. The zero-order valence-corrected chi connectivity index (χ0v) is 22.7. The highest BCUT2D eigenvalue weighted by molar-refractivity contribution is 7.89. The molecule has 0 aromatic heterocycles. The molecule has 39 heavy (non-hydrogen) atoms. The molecule has 10 nitrogen and oxygen atoms in total. The second kappa shape index (κ2) is 13.8. The normalized spacial score (nSPS) is 12.3. The summed E-state index contributed by atoms with van der Waals surface area (Å²) in [4.78, 5) is 36.8. The van der Waals surface area contributed by atoms with Crippen molar-refractivity contribution < 1.29 is 32.6 Å². The molecule has 0 bridgehead atoms. The molecular formula is C28H33N3O7S. The number of para-hydroxylation sites is 1. The number of hydrogen-bond donors (Lipinski definition) is 3. The maximum atomic E-state index is 12.9. The van der Waals surface area contributed by atoms with E-state index in [-0.39, 0.29) is 29.4 Å². The van der Waals surface area contributed by atoms with Crippen molar-refractivity contribution in [1.82, 2.24) is 14.9 Å². The average Bonchev–Trinajstić information content (AvgIpc) is 2.90. The van der Waals surface area contributed by atoms with Gasteiger partial charge in [0.2, 0.25) is 10.0 Å². The van der Waals surface area contributed by atoms with Crippen molar-refractivity contribution >= 4 is 39.0 Å². The number of benzene rings is 3. The van der Waals surface area contributed by atoms with Crippen LogP contribution in [-0.4, -0.2) is 76.4 Å². The van der Waals surface area contributed by atoms with Crippen LogP contribution in [0.3, 0.4) is 0 Å². The Hall–Kier alpha value is -3.80. The molecule has 208 valence electrons. The van der Waals surface area contributed by atoms with Crippen LogP contribution in [-0.2, 0) is 26.0 Å². The van der Waals surface area contributed by atoms with E-state index in [1.165, 1.54) is 18.2 Å². The zero-order chi connectivity index (χ0) is 28.4. The number of ether oxygens (including phenoxy) is 1. The van der Waals surface area contributed by atoms with Gasteiger partial charge in [0.15, 0.2) is 0 Å². The van der Waals surface area contributed by atoms with Gasteiger partial charge in [0.1, 0.15) is 16.9 Å². The summed E-state index contributed by atoms with van der Waals surface area (Å²) in [5, 5.41) is 13.7. The molecule has 3 aromatic carbocycles. The van der Waals surface area contributed by atoms with E-state index >= 15 is 0 Å². The highest BCUT2D eigenvalue weighted by Crippen LogP contribution is 2.25. The van der Waals surface area contributed by atoms with E-state index in [4.69, 9.17) is 9.84 Å². The Morgan fingerprint density at radius 3 is 2.51 bits per heavy atom. The van der Waals surface area contributed by atoms with Gasteiger partial charge in [0, 0.05) is 18.5 Å². The number of carbonyl (C=O) groups is 3. The van der Waals surface area contributed by atoms with Crippen molar-refractivity contribution in [3.63, 3.8) is 0 Å². The molecule has 0 aliphatic carbocycles. The van der Waals surface area contributed by atoms with Crippen molar-refractivity contribution in [2.24, 2.45) is 0 Å². The Bertz CT molecular complexity index is 1420. The first kappa shape index (κ1) is 29.8. The summed E-state index contributed by atoms with van der Waals surface area (Å²) in [6.07, 6.45) is 0.776. The number of hydrogen-bond acceptors (Lipinski definition) is 7. The number of aliphatic carboxylic acids is 1. The second-order valence-corrected chi connectivity index (χ2v) is 11.0. The van der Waals surface area contributed by atoms with E-state index in [2.05, 4.69) is 14.9 Å². The topological polar surface area (TPSA) is 142 Å². The summed E-state index contributed by atoms with van der Waals surface area (Å²) in [6.45, 7) is 1.53. The lowest BCUT2D eigenvalue weighted by Crippen LogP contribution is -2.37. The number of sulfonamides is 1. The molecule has 0 aliphatic rings. The number of nitrogens with one attached hydrogen (secondary N) is 2. The van der Waals surface area contributed by atoms with Crippen LogP contribution in [0.2, 0.25) is 0 Å². The molecule has 3 N–H and O–H groups in total. The van der Waals surface area contributed by atoms with Gasteiger partial charge in [-0.25, -0.2) is 13.1 Å². The van der Waals surface area contributed by atoms with Gasteiger partial charge >= 0.3 is 5.97 Å². The molecule has 3 aromatic rings. The van der Waals surface area contributed by atoms with E-state index in [0.717, 1.165) is 29.3 Å². The van der Waals surface area contributed by atoms with Crippen molar-refractivity contribution in [3.05, 3.63) is 71.8 Å². The maximum absolute atomic E-state index is 12.9. The molecule has 0 fully saturated rings. The molecule has 0 aliphatic heterocycles. The predicted octanol–water partition coefficient (Wildman–Crippen LogP) is 2.46. The summed E-state index contributed by atoms with van der Waals surface area (Å²) in [5.41, 5.74) is 1.39. The molecule has 0 heterocycles. The Labute approximate surface area is 228 Å². The number of amides is 1. The average molecular weight is 556 g/mol. The third kappa shape index (κ3) is 8.60. The van der Waals surface area contributed by atoms with Crippen LogP contribution in [0.25, 0.3) is 10.8 Å². The van der Waals surface area contributed by atoms with E-state index in [0.29, 0.717) is 18.5 Å². The monoisotopic (exact) mass is 555 g/mol. The van der Waals surface area contributed by atoms with E-state index in [1.54, 1.807) is 6.07 Å². The van der Waals surface area contributed by atoms with Gasteiger partial charge in [-0.2, -0.15) is 0 Å². The number of fused-ring (bicyclic) bond motifs is 1. The predicted molar refractivity (Wildman–Crippen MR) is 148 cm³/mol. The van der Waals surface area contributed by atoms with Crippen LogP contribution in [0.15, 0.2) is 65.6 Å². The molecule has 0 radical (unpaired) electrons. The van der Waals surface area contributed by atoms with Crippen LogP contribution in [0.1, 0.15) is 28.8 Å². The van der Waals surface area contributed by atoms with Gasteiger partial charge in [0.25, 0.3) is 5.91 Å². The van der Waals surface area contributed by atoms with E-state index < -0.39 is 28.5 Å². The molecule has 11 heteroatoms. The fourth-order valence-electron chi connectivity index (χ4n) is 4.06. The van der Waals surface area contributed by atoms with Crippen molar-refractivity contribution in [3.8, 4) is 5.75 Å². The fraction of sp³-hybridized carbons (Fsp3) is 0.321. The Morgan fingerprint density at radius 2 is 1.79 bits per heavy atom. The van der Waals surface area contributed by atoms with Crippen molar-refractivity contribution in [2.75, 3.05) is 33.8 Å². The molecule has 0 spiro atoms. The van der Waals surface area contributed by atoms with Crippen LogP contribution in [0.4, 0.5) is 0 Å². The van der Waals surface area contributed by atoms with Crippen LogP contribution in [0, 0.1) is 0 Å². The van der Waals surface area contributed by atoms with Gasteiger partial charge in [-0.3, -0.25) is 9.59 Å². The van der Waals surface area contributed by atoms with Gasteiger partial charge in [-0.15, -0.1) is 0 Å². The number of carboxylic acid groups (broad SMARTS) is 1.